The van der Waals surface area contributed by atoms with Crippen LogP contribution in [0.4, 0.5) is 0 Å². The van der Waals surface area contributed by atoms with E-state index >= 15 is 0 Å². The summed E-state index contributed by atoms with van der Waals surface area (Å²) in [5.41, 5.74) is 5.55. The predicted molar refractivity (Wildman–Crippen MR) is 98.8 cm³/mol. The molecule has 0 bridgehead atoms. The van der Waals surface area contributed by atoms with Crippen molar-refractivity contribution in [1.82, 2.24) is 4.98 Å². The molecular formula is C19H18BrNO3. The van der Waals surface area contributed by atoms with Crippen LogP contribution in [0.15, 0.2) is 34.8 Å². The third kappa shape index (κ3) is 2.80. The Morgan fingerprint density at radius 3 is 2.58 bits per heavy atom. The van der Waals surface area contributed by atoms with Crippen molar-refractivity contribution in [2.45, 2.75) is 20.3 Å². The van der Waals surface area contributed by atoms with Gasteiger partial charge in [0, 0.05) is 20.9 Å². The number of aryl methyl sites for hydroxylation is 2. The highest BCUT2D eigenvalue weighted by Gasteiger charge is 2.20. The first kappa shape index (κ1) is 16.6. The van der Waals surface area contributed by atoms with Crippen LogP contribution in [0.3, 0.4) is 0 Å². The van der Waals surface area contributed by atoms with Crippen LogP contribution >= 0.6 is 15.9 Å². The van der Waals surface area contributed by atoms with Gasteiger partial charge in [0.1, 0.15) is 5.75 Å². The quantitative estimate of drug-likeness (QED) is 0.672. The number of benzene rings is 2. The summed E-state index contributed by atoms with van der Waals surface area (Å²) < 4.78 is 6.39. The number of aromatic amines is 1. The maximum absolute atomic E-state index is 11.5. The molecule has 3 rings (SSSR count). The summed E-state index contributed by atoms with van der Waals surface area (Å²) in [6.07, 6.45) is -0.0463. The van der Waals surface area contributed by atoms with E-state index in [1.165, 1.54) is 0 Å². The van der Waals surface area contributed by atoms with E-state index in [0.717, 1.165) is 43.3 Å². The molecule has 0 unspecified atom stereocenters. The Hall–Kier alpha value is -2.27. The number of carboxylic acids is 1. The van der Waals surface area contributed by atoms with E-state index in [1.54, 1.807) is 7.11 Å². The first-order valence-corrected chi connectivity index (χ1v) is 8.38. The zero-order valence-corrected chi connectivity index (χ0v) is 15.3. The number of carbonyl (C=O) groups is 1. The number of halogens is 1. The molecule has 0 fully saturated rings. The number of aliphatic carboxylic acids is 1. The zero-order valence-electron chi connectivity index (χ0n) is 13.7. The highest BCUT2D eigenvalue weighted by Crippen LogP contribution is 2.39. The Kier molecular flexibility index (Phi) is 4.37. The van der Waals surface area contributed by atoms with Gasteiger partial charge in [-0.25, -0.2) is 0 Å². The first-order chi connectivity index (χ1) is 11.4. The summed E-state index contributed by atoms with van der Waals surface area (Å²) in [6, 6.07) is 9.78. The Morgan fingerprint density at radius 2 is 1.92 bits per heavy atom. The van der Waals surface area contributed by atoms with Gasteiger partial charge in [-0.15, -0.1) is 0 Å². The molecule has 1 heterocycles. The van der Waals surface area contributed by atoms with Crippen LogP contribution in [0.5, 0.6) is 5.75 Å². The van der Waals surface area contributed by atoms with Crippen molar-refractivity contribution in [3.63, 3.8) is 0 Å². The van der Waals surface area contributed by atoms with Crippen molar-refractivity contribution in [2.75, 3.05) is 7.11 Å². The fraction of sp³-hybridized carbons (Fsp3) is 0.211. The van der Waals surface area contributed by atoms with Gasteiger partial charge in [0.2, 0.25) is 0 Å². The second-order valence-corrected chi connectivity index (χ2v) is 6.76. The topological polar surface area (TPSA) is 62.3 Å². The van der Waals surface area contributed by atoms with Gasteiger partial charge >= 0.3 is 5.97 Å². The minimum Gasteiger partial charge on any atom is -0.496 e. The predicted octanol–water partition coefficient (Wildman–Crippen LogP) is 4.85. The third-order valence-electron chi connectivity index (χ3n) is 4.23. The molecule has 0 saturated carbocycles. The number of carboxylic acid groups (broad SMARTS) is 1. The first-order valence-electron chi connectivity index (χ1n) is 7.58. The van der Waals surface area contributed by atoms with Gasteiger partial charge in [-0.3, -0.25) is 4.79 Å². The largest absolute Gasteiger partial charge is 0.496 e. The van der Waals surface area contributed by atoms with Crippen LogP contribution < -0.4 is 4.74 Å². The van der Waals surface area contributed by atoms with E-state index in [2.05, 4.69) is 20.9 Å². The molecule has 0 amide bonds. The van der Waals surface area contributed by atoms with Crippen LogP contribution in [0.25, 0.3) is 22.2 Å². The molecule has 124 valence electrons. The number of aromatic nitrogens is 1. The summed E-state index contributed by atoms with van der Waals surface area (Å²) in [7, 11) is 1.61. The van der Waals surface area contributed by atoms with Crippen LogP contribution in [0, 0.1) is 13.8 Å². The van der Waals surface area contributed by atoms with E-state index in [-0.39, 0.29) is 6.42 Å². The molecule has 0 radical (unpaired) electrons. The lowest BCUT2D eigenvalue weighted by Gasteiger charge is -2.10. The molecule has 0 spiro atoms. The molecule has 0 aliphatic rings. The maximum atomic E-state index is 11.5. The Morgan fingerprint density at radius 1 is 1.21 bits per heavy atom. The molecule has 5 heteroatoms. The summed E-state index contributed by atoms with van der Waals surface area (Å²) in [4.78, 5) is 14.9. The normalized spacial score (nSPS) is 11.0. The number of ether oxygens (including phenoxy) is 1. The van der Waals surface area contributed by atoms with Gasteiger partial charge in [-0.2, -0.15) is 0 Å². The number of H-pyrrole nitrogens is 1. The number of hydrogen-bond donors (Lipinski definition) is 2. The van der Waals surface area contributed by atoms with Crippen molar-refractivity contribution in [3.05, 3.63) is 51.5 Å². The number of nitrogens with one attached hydrogen (secondary N) is 1. The van der Waals surface area contributed by atoms with Crippen molar-refractivity contribution < 1.29 is 14.6 Å². The third-order valence-corrected chi connectivity index (χ3v) is 4.73. The number of fused-ring (bicyclic) bond motifs is 1. The molecule has 1 aromatic heterocycles. The fourth-order valence-corrected chi connectivity index (χ4v) is 3.48. The number of rotatable bonds is 4. The number of hydrogen-bond acceptors (Lipinski definition) is 2. The summed E-state index contributed by atoms with van der Waals surface area (Å²) in [6.45, 7) is 4.02. The smallest absolute Gasteiger partial charge is 0.307 e. The van der Waals surface area contributed by atoms with E-state index in [4.69, 9.17) is 4.74 Å². The van der Waals surface area contributed by atoms with Crippen molar-refractivity contribution >= 4 is 32.8 Å². The van der Waals surface area contributed by atoms with Gasteiger partial charge in [0.15, 0.2) is 0 Å². The van der Waals surface area contributed by atoms with Crippen LogP contribution in [0.1, 0.15) is 16.7 Å². The number of methoxy groups -OCH3 is 1. The van der Waals surface area contributed by atoms with Gasteiger partial charge in [0.05, 0.1) is 19.2 Å². The van der Waals surface area contributed by atoms with Gasteiger partial charge in [-0.1, -0.05) is 28.1 Å². The molecule has 0 aliphatic carbocycles. The van der Waals surface area contributed by atoms with Gasteiger partial charge < -0.3 is 14.8 Å². The average molecular weight is 388 g/mol. The van der Waals surface area contributed by atoms with E-state index in [0.29, 0.717) is 5.75 Å². The molecule has 0 saturated heterocycles. The Labute approximate surface area is 148 Å². The molecule has 3 aromatic rings. The van der Waals surface area contributed by atoms with Crippen LogP contribution in [0.2, 0.25) is 0 Å². The summed E-state index contributed by atoms with van der Waals surface area (Å²) in [5, 5.41) is 10.4. The van der Waals surface area contributed by atoms with E-state index < -0.39 is 5.97 Å². The fourth-order valence-electron chi connectivity index (χ4n) is 3.12. The van der Waals surface area contributed by atoms with Crippen LogP contribution in [-0.2, 0) is 11.2 Å². The molecule has 2 N–H and O–H groups in total. The highest BCUT2D eigenvalue weighted by atomic mass is 79.9. The van der Waals surface area contributed by atoms with Crippen molar-refractivity contribution in [2.24, 2.45) is 0 Å². The zero-order chi connectivity index (χ0) is 17.4. The monoisotopic (exact) mass is 387 g/mol. The standard InChI is InChI=1S/C19H18BrNO3/c1-10-4-5-11(2)18-17(10)14(9-16(22)23)19(21-18)13-8-12(20)6-7-15(13)24-3/h4-8,21H,9H2,1-3H3,(H,22,23). The SMILES string of the molecule is COc1ccc(Br)cc1-c1[nH]c2c(C)ccc(C)c2c1CC(=O)O. The van der Waals surface area contributed by atoms with Gasteiger partial charge in [0.25, 0.3) is 0 Å². The minimum absolute atomic E-state index is 0.0463. The lowest BCUT2D eigenvalue weighted by Crippen LogP contribution is -2.02. The lowest BCUT2D eigenvalue weighted by molar-refractivity contribution is -0.136. The molecule has 0 aliphatic heterocycles. The van der Waals surface area contributed by atoms with Gasteiger partial charge in [-0.05, 0) is 48.7 Å². The maximum Gasteiger partial charge on any atom is 0.307 e. The van der Waals surface area contributed by atoms with E-state index in [1.807, 2.05) is 44.2 Å². The van der Waals surface area contributed by atoms with Crippen molar-refractivity contribution in [1.29, 1.82) is 0 Å². The summed E-state index contributed by atoms with van der Waals surface area (Å²) >= 11 is 3.49. The van der Waals surface area contributed by atoms with E-state index in [9.17, 15) is 9.90 Å². The molecule has 2 aromatic carbocycles. The second-order valence-electron chi connectivity index (χ2n) is 5.84. The second kappa shape index (κ2) is 6.32. The molecular weight excluding hydrogens is 370 g/mol. The van der Waals surface area contributed by atoms with Crippen molar-refractivity contribution in [3.8, 4) is 17.0 Å². The molecule has 0 atom stereocenters. The summed E-state index contributed by atoms with van der Waals surface area (Å²) in [5.74, 6) is -0.154. The average Bonchev–Trinajstić information content (AvgIpc) is 2.91. The lowest BCUT2D eigenvalue weighted by atomic mass is 9.98. The molecule has 24 heavy (non-hydrogen) atoms. The van der Waals surface area contributed by atoms with Crippen LogP contribution in [-0.4, -0.2) is 23.2 Å². The highest BCUT2D eigenvalue weighted by molar-refractivity contribution is 9.10. The Balaban J connectivity index is 2.40. The Bertz CT molecular complexity index is 943. The molecule has 4 nitrogen and oxygen atoms in total. The minimum atomic E-state index is -0.855.